The van der Waals surface area contributed by atoms with Crippen molar-refractivity contribution in [2.45, 2.75) is 32.7 Å². The van der Waals surface area contributed by atoms with Crippen LogP contribution >= 0.6 is 0 Å². The predicted octanol–water partition coefficient (Wildman–Crippen LogP) is 6.42. The van der Waals surface area contributed by atoms with Crippen molar-refractivity contribution in [3.05, 3.63) is 82.4 Å². The smallest absolute Gasteiger partial charge is 0.141 e. The minimum absolute atomic E-state index is 0.136. The van der Waals surface area contributed by atoms with Crippen molar-refractivity contribution < 1.29 is 13.9 Å². The number of aromatic hydroxyl groups is 1. The van der Waals surface area contributed by atoms with Crippen LogP contribution < -0.4 is 5.32 Å². The Hall–Kier alpha value is -4.02. The van der Waals surface area contributed by atoms with Crippen molar-refractivity contribution in [3.63, 3.8) is 0 Å². The van der Waals surface area contributed by atoms with E-state index in [0.29, 0.717) is 23.2 Å². The number of nitriles is 1. The van der Waals surface area contributed by atoms with Gasteiger partial charge in [-0.1, -0.05) is 12.1 Å². The monoisotopic (exact) mass is 512 g/mol. The van der Waals surface area contributed by atoms with Crippen molar-refractivity contribution in [1.29, 1.82) is 5.26 Å². The zero-order valence-electron chi connectivity index (χ0n) is 21.6. The first-order valence-corrected chi connectivity index (χ1v) is 12.8. The summed E-state index contributed by atoms with van der Waals surface area (Å²) in [6.45, 7) is 10.2. The van der Waals surface area contributed by atoms with Crippen LogP contribution in [0.2, 0.25) is 0 Å². The largest absolute Gasteiger partial charge is 0.506 e. The highest BCUT2D eigenvalue weighted by atomic mass is 19.1. The summed E-state index contributed by atoms with van der Waals surface area (Å²) in [6.07, 6.45) is 2.47. The molecule has 1 heterocycles. The van der Waals surface area contributed by atoms with Crippen molar-refractivity contribution in [3.8, 4) is 22.9 Å². The summed E-state index contributed by atoms with van der Waals surface area (Å²) in [7, 11) is 0. The molecule has 0 bridgehead atoms. The summed E-state index contributed by atoms with van der Waals surface area (Å²) in [5, 5.41) is 23.6. The van der Waals surface area contributed by atoms with Crippen LogP contribution in [0, 0.1) is 35.8 Å². The lowest BCUT2D eigenvalue weighted by Gasteiger charge is -2.44. The normalized spacial score (nSPS) is 16.0. The van der Waals surface area contributed by atoms with E-state index in [-0.39, 0.29) is 22.7 Å². The van der Waals surface area contributed by atoms with E-state index >= 15 is 0 Å². The van der Waals surface area contributed by atoms with Crippen LogP contribution in [0.25, 0.3) is 22.4 Å². The highest BCUT2D eigenvalue weighted by molar-refractivity contribution is 5.94. The molecule has 2 fully saturated rings. The average molecular weight is 513 g/mol. The van der Waals surface area contributed by atoms with Crippen LogP contribution in [0.1, 0.15) is 42.0 Å². The van der Waals surface area contributed by atoms with Gasteiger partial charge in [0.2, 0.25) is 0 Å². The van der Waals surface area contributed by atoms with Gasteiger partial charge in [-0.2, -0.15) is 5.26 Å². The second-order valence-corrected chi connectivity index (χ2v) is 10.3. The van der Waals surface area contributed by atoms with Crippen molar-refractivity contribution in [2.75, 3.05) is 19.6 Å². The maximum atomic E-state index is 14.4. The molecule has 0 atom stereocenters. The van der Waals surface area contributed by atoms with Gasteiger partial charge in [0.1, 0.15) is 23.5 Å². The molecule has 1 aliphatic heterocycles. The van der Waals surface area contributed by atoms with E-state index < -0.39 is 5.82 Å². The first-order valence-electron chi connectivity index (χ1n) is 12.8. The van der Waals surface area contributed by atoms with Crippen molar-refractivity contribution in [1.82, 2.24) is 10.2 Å². The summed E-state index contributed by atoms with van der Waals surface area (Å²) in [4.78, 5) is 6.51. The number of halogens is 2. The third kappa shape index (κ3) is 5.18. The zero-order valence-corrected chi connectivity index (χ0v) is 21.6. The maximum absolute atomic E-state index is 14.4. The van der Waals surface area contributed by atoms with Gasteiger partial charge in [-0.3, -0.25) is 4.99 Å². The van der Waals surface area contributed by atoms with E-state index in [2.05, 4.69) is 21.9 Å². The maximum Gasteiger partial charge on any atom is 0.141 e. The van der Waals surface area contributed by atoms with E-state index in [4.69, 9.17) is 0 Å². The number of phenols is 1. The Morgan fingerprint density at radius 2 is 1.87 bits per heavy atom. The molecule has 0 aromatic heterocycles. The fourth-order valence-corrected chi connectivity index (χ4v) is 5.14. The lowest BCUT2D eigenvalue weighted by atomic mass is 9.90. The lowest BCUT2D eigenvalue weighted by molar-refractivity contribution is 0.171. The van der Waals surface area contributed by atoms with Crippen LogP contribution in [0.5, 0.6) is 5.75 Å². The minimum Gasteiger partial charge on any atom is -0.506 e. The molecule has 5 rings (SSSR count). The molecular weight excluding hydrogens is 482 g/mol. The highest BCUT2D eigenvalue weighted by Gasteiger charge is 2.33. The number of nitrogens with one attached hydrogen (secondary N) is 1. The molecule has 3 aromatic carbocycles. The van der Waals surface area contributed by atoms with Gasteiger partial charge in [0.15, 0.2) is 0 Å². The van der Waals surface area contributed by atoms with E-state index in [1.807, 2.05) is 32.0 Å². The highest BCUT2D eigenvalue weighted by Crippen LogP contribution is 2.42. The molecule has 2 N–H and O–H groups in total. The average Bonchev–Trinajstić information content (AvgIpc) is 3.69. The van der Waals surface area contributed by atoms with E-state index in [1.165, 1.54) is 31.0 Å². The molecule has 5 nitrogen and oxygen atoms in total. The molecule has 194 valence electrons. The molecule has 0 radical (unpaired) electrons. The quantitative estimate of drug-likeness (QED) is 0.270. The standard InChI is InChI=1S/C31H30F2N4O/c1-18-8-22(10-24(32)9-18)19(2)30(37-16-20(17-37)15-36-26-5-6-26)28-12-21(4-7-29(28)35-3)27-13-25(33)11-23(14-34)31(27)38/h4,7-13,20,26,36,38H,3,5-6,15-17H2,1-2H3/b30-19-. The van der Waals surface area contributed by atoms with Crippen molar-refractivity contribution >= 4 is 23.7 Å². The first kappa shape index (κ1) is 25.6. The summed E-state index contributed by atoms with van der Waals surface area (Å²) in [5.41, 5.74) is 5.32. The molecule has 0 unspecified atom stereocenters. The van der Waals surface area contributed by atoms with Crippen LogP contribution in [0.15, 0.2) is 53.5 Å². The number of benzene rings is 3. The molecule has 1 saturated heterocycles. The summed E-state index contributed by atoms with van der Waals surface area (Å²) < 4.78 is 28.7. The molecule has 0 spiro atoms. The molecule has 7 heteroatoms. The van der Waals surface area contributed by atoms with Gasteiger partial charge < -0.3 is 15.3 Å². The Morgan fingerprint density at radius 1 is 1.13 bits per heavy atom. The number of rotatable bonds is 8. The Labute approximate surface area is 221 Å². The lowest BCUT2D eigenvalue weighted by Crippen LogP contribution is -2.49. The number of hydrogen-bond acceptors (Lipinski definition) is 5. The number of likely N-dealkylation sites (tertiary alicyclic amines) is 1. The Morgan fingerprint density at radius 3 is 2.53 bits per heavy atom. The van der Waals surface area contributed by atoms with Gasteiger partial charge in [-0.05, 0) is 92.1 Å². The van der Waals surface area contributed by atoms with E-state index in [0.717, 1.165) is 53.7 Å². The number of aryl methyl sites for hydroxylation is 1. The van der Waals surface area contributed by atoms with Gasteiger partial charge in [-0.15, -0.1) is 0 Å². The number of allylic oxidation sites excluding steroid dienone is 1. The number of hydrogen-bond donors (Lipinski definition) is 2. The van der Waals surface area contributed by atoms with Gasteiger partial charge in [0, 0.05) is 48.4 Å². The third-order valence-electron chi connectivity index (χ3n) is 7.30. The van der Waals surface area contributed by atoms with Gasteiger partial charge in [0.05, 0.1) is 11.3 Å². The van der Waals surface area contributed by atoms with Crippen LogP contribution in [-0.2, 0) is 0 Å². The summed E-state index contributed by atoms with van der Waals surface area (Å²) in [5.74, 6) is -0.713. The Balaban J connectivity index is 1.62. The van der Waals surface area contributed by atoms with Crippen molar-refractivity contribution in [2.24, 2.45) is 10.9 Å². The van der Waals surface area contributed by atoms with Crippen LogP contribution in [0.4, 0.5) is 14.5 Å². The molecule has 38 heavy (non-hydrogen) atoms. The summed E-state index contributed by atoms with van der Waals surface area (Å²) >= 11 is 0. The SMILES string of the molecule is C=Nc1ccc(-c2cc(F)cc(C#N)c2O)cc1/C(=C(\C)c1cc(C)cc(F)c1)N1CC(CNC2CC2)C1. The second-order valence-electron chi connectivity index (χ2n) is 10.3. The summed E-state index contributed by atoms with van der Waals surface area (Å²) in [6, 6.07) is 15.0. The van der Waals surface area contributed by atoms with Gasteiger partial charge in [0.25, 0.3) is 0 Å². The van der Waals surface area contributed by atoms with Gasteiger partial charge >= 0.3 is 0 Å². The van der Waals surface area contributed by atoms with Gasteiger partial charge in [-0.25, -0.2) is 8.78 Å². The fourth-order valence-electron chi connectivity index (χ4n) is 5.14. The molecule has 1 aliphatic carbocycles. The van der Waals surface area contributed by atoms with E-state index in [1.54, 1.807) is 12.1 Å². The van der Waals surface area contributed by atoms with Crippen LogP contribution in [-0.4, -0.2) is 42.4 Å². The predicted molar refractivity (Wildman–Crippen MR) is 147 cm³/mol. The molecular formula is C31H30F2N4O. The molecule has 1 saturated carbocycles. The number of nitrogens with zero attached hydrogens (tertiary/aromatic N) is 3. The Kier molecular flexibility index (Phi) is 7.00. The molecule has 3 aromatic rings. The second kappa shape index (κ2) is 10.4. The minimum atomic E-state index is -0.613. The van der Waals surface area contributed by atoms with Crippen LogP contribution in [0.3, 0.4) is 0 Å². The third-order valence-corrected chi connectivity index (χ3v) is 7.30. The molecule has 0 amide bonds. The Bertz CT molecular complexity index is 1460. The van der Waals surface area contributed by atoms with E-state index in [9.17, 15) is 19.1 Å². The number of phenolic OH excluding ortho intramolecular Hbond substituents is 1. The molecule has 2 aliphatic rings. The zero-order chi connectivity index (χ0) is 27.0. The fraction of sp³-hybridized carbons (Fsp3) is 0.290. The number of aliphatic imine (C=N–C) groups is 1. The first-order chi connectivity index (χ1) is 18.3. The topological polar surface area (TPSA) is 71.6 Å².